The molecule has 0 radical (unpaired) electrons. The highest BCUT2D eigenvalue weighted by molar-refractivity contribution is 5.91. The third-order valence-electron chi connectivity index (χ3n) is 12.0. The molecule has 1 spiro atoms. The van der Waals surface area contributed by atoms with Crippen molar-refractivity contribution in [3.05, 3.63) is 29.6 Å². The zero-order valence-electron chi connectivity index (χ0n) is 35.1. The van der Waals surface area contributed by atoms with Gasteiger partial charge in [0.2, 0.25) is 5.60 Å². The van der Waals surface area contributed by atoms with E-state index in [0.717, 1.165) is 55.4 Å². The van der Waals surface area contributed by atoms with E-state index in [-0.39, 0.29) is 11.3 Å². The molecule has 1 saturated heterocycles. The molecule has 1 aromatic heterocycles. The Bertz CT molecular complexity index is 1960. The average Bonchev–Trinajstić information content (AvgIpc) is 3.35. The highest BCUT2D eigenvalue weighted by Crippen LogP contribution is 2.70. The smallest absolute Gasteiger partial charge is 0.350 e. The minimum atomic E-state index is -2.89. The number of esters is 8. The summed E-state index contributed by atoms with van der Waals surface area (Å²) in [5, 5.41) is 25.8. The maximum atomic E-state index is 14.3. The van der Waals surface area contributed by atoms with Crippen molar-refractivity contribution in [3.8, 4) is 0 Å². The number of aliphatic hydroxyl groups is 2. The quantitative estimate of drug-likeness (QED) is 0.270. The summed E-state index contributed by atoms with van der Waals surface area (Å²) in [6, 6.07) is 2.86. The average molecular weight is 850 g/mol. The minimum absolute atomic E-state index is 0.0663. The number of fused-ring (bicyclic) bond motifs is 5. The van der Waals surface area contributed by atoms with Gasteiger partial charge in [0.05, 0.1) is 23.1 Å². The summed E-state index contributed by atoms with van der Waals surface area (Å²) in [5.41, 5.74) is -12.7. The van der Waals surface area contributed by atoms with Gasteiger partial charge in [-0.1, -0.05) is 13.8 Å². The summed E-state index contributed by atoms with van der Waals surface area (Å²) in [6.07, 6.45) is -11.5. The number of nitrogens with zero attached hydrogens (tertiary/aromatic N) is 1. The topological polar surface area (TPSA) is 273 Å². The molecule has 3 heterocycles. The molecule has 330 valence electrons. The lowest BCUT2D eigenvalue weighted by atomic mass is 9.45. The van der Waals surface area contributed by atoms with Crippen molar-refractivity contribution in [1.29, 1.82) is 0 Å². The molecule has 4 aliphatic rings. The van der Waals surface area contributed by atoms with Crippen LogP contribution in [0.15, 0.2) is 18.3 Å². The van der Waals surface area contributed by atoms with Crippen molar-refractivity contribution in [2.24, 2.45) is 17.3 Å². The largest absolute Gasteiger partial charge is 0.465 e. The number of cyclic esters (lactones) is 1. The van der Waals surface area contributed by atoms with Gasteiger partial charge in [0.15, 0.2) is 17.8 Å². The second-order valence-electron chi connectivity index (χ2n) is 16.6. The van der Waals surface area contributed by atoms with Gasteiger partial charge in [-0.3, -0.25) is 33.8 Å². The van der Waals surface area contributed by atoms with Crippen LogP contribution in [0.2, 0.25) is 0 Å². The zero-order valence-corrected chi connectivity index (χ0v) is 35.1. The van der Waals surface area contributed by atoms with Crippen molar-refractivity contribution >= 4 is 47.8 Å². The van der Waals surface area contributed by atoms with Gasteiger partial charge in [0.1, 0.15) is 54.2 Å². The number of hydrogen-bond donors (Lipinski definition) is 2. The normalized spacial score (nSPS) is 37.2. The summed E-state index contributed by atoms with van der Waals surface area (Å²) in [5.74, 6) is -12.2. The van der Waals surface area contributed by atoms with Crippen LogP contribution >= 0.6 is 0 Å². The first-order valence-corrected chi connectivity index (χ1v) is 19.2. The molecular weight excluding hydrogens is 798 g/mol. The van der Waals surface area contributed by atoms with Crippen LogP contribution in [-0.4, -0.2) is 135 Å². The van der Waals surface area contributed by atoms with E-state index in [4.69, 9.17) is 42.6 Å². The molecule has 3 fully saturated rings. The highest BCUT2D eigenvalue weighted by Gasteiger charge is 2.91. The summed E-state index contributed by atoms with van der Waals surface area (Å²) < 4.78 is 53.7. The molecule has 2 N–H and O–H groups in total. The first-order chi connectivity index (χ1) is 27.7. The van der Waals surface area contributed by atoms with Gasteiger partial charge in [-0.15, -0.1) is 0 Å². The summed E-state index contributed by atoms with van der Waals surface area (Å²) in [6.45, 7) is 10.6. The molecule has 4 bridgehead atoms. The Hall–Kier alpha value is -5.21. The maximum Gasteiger partial charge on any atom is 0.350 e. The number of aliphatic hydroxyl groups excluding tert-OH is 1. The third-order valence-corrected chi connectivity index (χ3v) is 12.0. The lowest BCUT2D eigenvalue weighted by molar-refractivity contribution is -0.387. The Balaban J connectivity index is 1.98. The van der Waals surface area contributed by atoms with Crippen LogP contribution < -0.4 is 0 Å². The number of aromatic nitrogens is 1. The van der Waals surface area contributed by atoms with E-state index in [9.17, 15) is 48.6 Å². The van der Waals surface area contributed by atoms with Crippen molar-refractivity contribution in [2.75, 3.05) is 13.2 Å². The number of carbonyl (C=O) groups excluding carboxylic acids is 8. The molecular formula is C40H51NO19. The van der Waals surface area contributed by atoms with E-state index in [0.29, 0.717) is 0 Å². The van der Waals surface area contributed by atoms with Crippen molar-refractivity contribution in [1.82, 2.24) is 4.98 Å². The van der Waals surface area contributed by atoms with Gasteiger partial charge in [-0.2, -0.15) is 0 Å². The van der Waals surface area contributed by atoms with Crippen LogP contribution in [0.3, 0.4) is 0 Å². The summed E-state index contributed by atoms with van der Waals surface area (Å²) in [7, 11) is 0. The fraction of sp³-hybridized carbons (Fsp3) is 0.675. The molecule has 0 amide bonds. The zero-order chi connectivity index (χ0) is 45.1. The fourth-order valence-corrected chi connectivity index (χ4v) is 9.44. The number of ether oxygens (including phenoxy) is 9. The Morgan fingerprint density at radius 1 is 0.850 bits per heavy atom. The molecule has 13 unspecified atom stereocenters. The van der Waals surface area contributed by atoms with Gasteiger partial charge < -0.3 is 52.8 Å². The highest BCUT2D eigenvalue weighted by atomic mass is 16.7. The van der Waals surface area contributed by atoms with E-state index < -0.39 is 143 Å². The lowest BCUT2D eigenvalue weighted by Gasteiger charge is -2.67. The summed E-state index contributed by atoms with van der Waals surface area (Å²) >= 11 is 0. The van der Waals surface area contributed by atoms with E-state index in [1.54, 1.807) is 6.92 Å². The van der Waals surface area contributed by atoms with Gasteiger partial charge >= 0.3 is 47.8 Å². The molecule has 20 heteroatoms. The lowest BCUT2D eigenvalue weighted by Crippen LogP contribution is -2.89. The number of carbonyl (C=O) groups is 8. The molecule has 60 heavy (non-hydrogen) atoms. The Kier molecular flexibility index (Phi) is 12.2. The van der Waals surface area contributed by atoms with Gasteiger partial charge in [0, 0.05) is 46.7 Å². The first kappa shape index (κ1) is 45.9. The SMILES string of the molecule is CC(=O)OCC12C(OC(C)=O)C(O)C3OC(=O)C(C)C(C)c4ncccc4C(=O)OCC4(C)OC1(C(OC(C)=O)C4C(OC(C)=O)C2OC(=O)C(C)(C)OC(C)=O)C3(C)O. The molecule has 2 saturated carbocycles. The van der Waals surface area contributed by atoms with E-state index in [1.165, 1.54) is 32.2 Å². The van der Waals surface area contributed by atoms with Crippen molar-refractivity contribution in [2.45, 2.75) is 141 Å². The second-order valence-corrected chi connectivity index (χ2v) is 16.6. The second kappa shape index (κ2) is 16.0. The van der Waals surface area contributed by atoms with Gasteiger partial charge in [-0.05, 0) is 39.8 Å². The minimum Gasteiger partial charge on any atom is -0.465 e. The maximum absolute atomic E-state index is 14.3. The molecule has 2 aliphatic carbocycles. The summed E-state index contributed by atoms with van der Waals surface area (Å²) in [4.78, 5) is 112. The monoisotopic (exact) mass is 849 g/mol. The van der Waals surface area contributed by atoms with E-state index in [1.807, 2.05) is 0 Å². The molecule has 5 rings (SSSR count). The Morgan fingerprint density at radius 3 is 2.02 bits per heavy atom. The van der Waals surface area contributed by atoms with Crippen LogP contribution in [0.1, 0.15) is 98.1 Å². The molecule has 2 aliphatic heterocycles. The Labute approximate surface area is 344 Å². The van der Waals surface area contributed by atoms with Crippen LogP contribution in [-0.2, 0) is 76.2 Å². The Morgan fingerprint density at radius 2 is 1.45 bits per heavy atom. The van der Waals surface area contributed by atoms with E-state index >= 15 is 0 Å². The molecule has 1 aromatic rings. The molecule has 13 atom stereocenters. The van der Waals surface area contributed by atoms with Crippen LogP contribution in [0.25, 0.3) is 0 Å². The standard InChI is InChI=1S/C40H51NO19/c1-17-18(2)33(48)57-30-27(47)31(56-22(6)45)39(16-52-19(3)42)32(58-35(50)36(8,9)59-23(7)46)28(54-20(4)43)25-29(55-21(5)44)40(39,38(30,11)51)60-37(25,10)15-53-34(49)24-13-12-14-41-26(17)24/h12-14,17-18,25,27-32,47,51H,15-16H2,1-11H3. The number of pyridine rings is 1. The van der Waals surface area contributed by atoms with E-state index in [2.05, 4.69) is 4.98 Å². The van der Waals surface area contributed by atoms with Gasteiger partial charge in [-0.25, -0.2) is 9.59 Å². The van der Waals surface area contributed by atoms with Crippen LogP contribution in [0, 0.1) is 17.3 Å². The van der Waals surface area contributed by atoms with Crippen molar-refractivity contribution < 1.29 is 91.2 Å². The van der Waals surface area contributed by atoms with Crippen molar-refractivity contribution in [3.63, 3.8) is 0 Å². The third kappa shape index (κ3) is 7.35. The molecule has 0 aromatic carbocycles. The number of rotatable bonds is 8. The predicted octanol–water partition coefficient (Wildman–Crippen LogP) is 0.785. The fourth-order valence-electron chi connectivity index (χ4n) is 9.44. The van der Waals surface area contributed by atoms with Crippen LogP contribution in [0.4, 0.5) is 0 Å². The van der Waals surface area contributed by atoms with Gasteiger partial charge in [0.25, 0.3) is 0 Å². The predicted molar refractivity (Wildman–Crippen MR) is 196 cm³/mol. The molecule has 20 nitrogen and oxygen atoms in total. The number of hydrogen-bond acceptors (Lipinski definition) is 20. The first-order valence-electron chi connectivity index (χ1n) is 19.2. The van der Waals surface area contributed by atoms with Crippen LogP contribution in [0.5, 0.6) is 0 Å².